The summed E-state index contributed by atoms with van der Waals surface area (Å²) < 4.78 is 7.54. The Labute approximate surface area is 136 Å². The van der Waals surface area contributed by atoms with E-state index in [1.165, 1.54) is 0 Å². The molecule has 0 N–H and O–H groups in total. The summed E-state index contributed by atoms with van der Waals surface area (Å²) in [5, 5.41) is 0. The molecule has 23 heavy (non-hydrogen) atoms. The standard InChI is InChI=1S/C17H22N4O2/c1-19-7-3-5-16(19)17(22)21-10-8-20(9-11-21)12-13-23-15-4-2-6-18-14-15/h2-7,14H,8-13H2,1H3. The molecule has 1 saturated heterocycles. The van der Waals surface area contributed by atoms with Crippen LogP contribution in [-0.4, -0.2) is 64.6 Å². The van der Waals surface area contributed by atoms with Crippen molar-refractivity contribution in [2.24, 2.45) is 7.05 Å². The van der Waals surface area contributed by atoms with Gasteiger partial charge in [-0.2, -0.15) is 0 Å². The van der Waals surface area contributed by atoms with Gasteiger partial charge < -0.3 is 14.2 Å². The summed E-state index contributed by atoms with van der Waals surface area (Å²) in [5.41, 5.74) is 0.748. The first-order valence-corrected chi connectivity index (χ1v) is 7.90. The number of piperazine rings is 1. The Hall–Kier alpha value is -2.34. The van der Waals surface area contributed by atoms with E-state index in [4.69, 9.17) is 4.74 Å². The quantitative estimate of drug-likeness (QED) is 0.834. The lowest BCUT2D eigenvalue weighted by atomic mass is 10.2. The van der Waals surface area contributed by atoms with Crippen LogP contribution in [0.2, 0.25) is 0 Å². The number of carbonyl (C=O) groups is 1. The van der Waals surface area contributed by atoms with E-state index in [1.807, 2.05) is 47.0 Å². The van der Waals surface area contributed by atoms with Gasteiger partial charge in [-0.1, -0.05) is 0 Å². The topological polar surface area (TPSA) is 50.6 Å². The largest absolute Gasteiger partial charge is 0.491 e. The molecule has 2 aromatic heterocycles. The summed E-state index contributed by atoms with van der Waals surface area (Å²) in [7, 11) is 1.90. The van der Waals surface area contributed by atoms with Gasteiger partial charge in [0.25, 0.3) is 5.91 Å². The third kappa shape index (κ3) is 3.90. The minimum absolute atomic E-state index is 0.115. The molecule has 3 heterocycles. The predicted octanol–water partition coefficient (Wildman–Crippen LogP) is 1.26. The lowest BCUT2D eigenvalue weighted by Gasteiger charge is -2.34. The van der Waals surface area contributed by atoms with Crippen molar-refractivity contribution in [3.8, 4) is 5.75 Å². The van der Waals surface area contributed by atoms with Crippen LogP contribution in [0.25, 0.3) is 0 Å². The van der Waals surface area contributed by atoms with Gasteiger partial charge in [0, 0.05) is 52.2 Å². The van der Waals surface area contributed by atoms with Crippen LogP contribution in [0.15, 0.2) is 42.9 Å². The Bertz CT molecular complexity index is 633. The van der Waals surface area contributed by atoms with E-state index in [1.54, 1.807) is 12.4 Å². The van der Waals surface area contributed by atoms with Gasteiger partial charge in [-0.25, -0.2) is 0 Å². The van der Waals surface area contributed by atoms with Gasteiger partial charge in [-0.05, 0) is 24.3 Å². The van der Waals surface area contributed by atoms with Crippen molar-refractivity contribution in [1.82, 2.24) is 19.4 Å². The van der Waals surface area contributed by atoms with E-state index in [0.29, 0.717) is 6.61 Å². The minimum atomic E-state index is 0.115. The van der Waals surface area contributed by atoms with Crippen LogP contribution in [-0.2, 0) is 7.05 Å². The molecule has 0 spiro atoms. The number of hydrogen-bond acceptors (Lipinski definition) is 4. The Balaban J connectivity index is 1.42. The highest BCUT2D eigenvalue weighted by Gasteiger charge is 2.23. The number of pyridine rings is 1. The fraction of sp³-hybridized carbons (Fsp3) is 0.412. The van der Waals surface area contributed by atoms with Crippen molar-refractivity contribution in [1.29, 1.82) is 0 Å². The van der Waals surface area contributed by atoms with Gasteiger partial charge >= 0.3 is 0 Å². The summed E-state index contributed by atoms with van der Waals surface area (Å²) in [6.07, 6.45) is 5.35. The smallest absolute Gasteiger partial charge is 0.270 e. The first-order chi connectivity index (χ1) is 11.2. The lowest BCUT2D eigenvalue weighted by Crippen LogP contribution is -2.49. The monoisotopic (exact) mass is 314 g/mol. The molecule has 0 saturated carbocycles. The molecule has 0 aliphatic carbocycles. The van der Waals surface area contributed by atoms with Gasteiger partial charge in [-0.3, -0.25) is 14.7 Å². The number of nitrogens with zero attached hydrogens (tertiary/aromatic N) is 4. The van der Waals surface area contributed by atoms with Crippen LogP contribution in [0.5, 0.6) is 5.75 Å². The van der Waals surface area contributed by atoms with Crippen molar-refractivity contribution in [3.63, 3.8) is 0 Å². The Morgan fingerprint density at radius 1 is 1.22 bits per heavy atom. The van der Waals surface area contributed by atoms with Crippen molar-refractivity contribution in [2.75, 3.05) is 39.3 Å². The second-order valence-electron chi connectivity index (χ2n) is 5.68. The van der Waals surface area contributed by atoms with Crippen molar-refractivity contribution < 1.29 is 9.53 Å². The molecule has 0 atom stereocenters. The first kappa shape index (κ1) is 15.6. The molecular formula is C17H22N4O2. The highest BCUT2D eigenvalue weighted by atomic mass is 16.5. The van der Waals surface area contributed by atoms with E-state index in [0.717, 1.165) is 44.2 Å². The van der Waals surface area contributed by atoms with Crippen LogP contribution >= 0.6 is 0 Å². The van der Waals surface area contributed by atoms with Crippen molar-refractivity contribution >= 4 is 5.91 Å². The van der Waals surface area contributed by atoms with Crippen LogP contribution in [0, 0.1) is 0 Å². The summed E-state index contributed by atoms with van der Waals surface area (Å²) in [6, 6.07) is 7.54. The Morgan fingerprint density at radius 3 is 2.70 bits per heavy atom. The number of hydrogen-bond donors (Lipinski definition) is 0. The maximum Gasteiger partial charge on any atom is 0.270 e. The molecule has 122 valence electrons. The molecule has 6 nitrogen and oxygen atoms in total. The van der Waals surface area contributed by atoms with E-state index in [2.05, 4.69) is 9.88 Å². The van der Waals surface area contributed by atoms with Crippen LogP contribution in [0.1, 0.15) is 10.5 Å². The second-order valence-corrected chi connectivity index (χ2v) is 5.68. The summed E-state index contributed by atoms with van der Waals surface area (Å²) in [4.78, 5) is 20.7. The molecular weight excluding hydrogens is 292 g/mol. The van der Waals surface area contributed by atoms with Crippen LogP contribution in [0.3, 0.4) is 0 Å². The predicted molar refractivity (Wildman–Crippen MR) is 87.5 cm³/mol. The number of aromatic nitrogens is 2. The van der Waals surface area contributed by atoms with E-state index < -0.39 is 0 Å². The maximum atomic E-state index is 12.4. The normalized spacial score (nSPS) is 15.6. The molecule has 3 rings (SSSR count). The lowest BCUT2D eigenvalue weighted by molar-refractivity contribution is 0.0611. The Kier molecular flexibility index (Phi) is 4.92. The highest BCUT2D eigenvalue weighted by Crippen LogP contribution is 2.10. The average molecular weight is 314 g/mol. The van der Waals surface area contributed by atoms with Gasteiger partial charge in [0.1, 0.15) is 18.1 Å². The molecule has 0 radical (unpaired) electrons. The molecule has 1 aliphatic rings. The first-order valence-electron chi connectivity index (χ1n) is 7.90. The number of carbonyl (C=O) groups excluding carboxylic acids is 1. The zero-order valence-corrected chi connectivity index (χ0v) is 13.4. The number of amides is 1. The Morgan fingerprint density at radius 2 is 2.04 bits per heavy atom. The number of rotatable bonds is 5. The van der Waals surface area contributed by atoms with E-state index in [-0.39, 0.29) is 5.91 Å². The zero-order valence-electron chi connectivity index (χ0n) is 13.4. The summed E-state index contributed by atoms with van der Waals surface area (Å²) in [6.45, 7) is 4.78. The molecule has 1 amide bonds. The summed E-state index contributed by atoms with van der Waals surface area (Å²) >= 11 is 0. The molecule has 1 aliphatic heterocycles. The fourth-order valence-electron chi connectivity index (χ4n) is 2.74. The second kappa shape index (κ2) is 7.28. The maximum absolute atomic E-state index is 12.4. The van der Waals surface area contributed by atoms with Gasteiger partial charge in [-0.15, -0.1) is 0 Å². The fourth-order valence-corrected chi connectivity index (χ4v) is 2.74. The molecule has 2 aromatic rings. The molecule has 6 heteroatoms. The van der Waals surface area contributed by atoms with E-state index in [9.17, 15) is 4.79 Å². The number of aryl methyl sites for hydroxylation is 1. The molecule has 1 fully saturated rings. The van der Waals surface area contributed by atoms with Crippen LogP contribution < -0.4 is 4.74 Å². The third-order valence-corrected chi connectivity index (χ3v) is 4.13. The van der Waals surface area contributed by atoms with Crippen LogP contribution in [0.4, 0.5) is 0 Å². The molecule has 0 aromatic carbocycles. The van der Waals surface area contributed by atoms with Crippen molar-refractivity contribution in [3.05, 3.63) is 48.5 Å². The minimum Gasteiger partial charge on any atom is -0.491 e. The van der Waals surface area contributed by atoms with Gasteiger partial charge in [0.05, 0.1) is 6.20 Å². The third-order valence-electron chi connectivity index (χ3n) is 4.13. The van der Waals surface area contributed by atoms with Crippen molar-refractivity contribution in [2.45, 2.75) is 0 Å². The zero-order chi connectivity index (χ0) is 16.1. The molecule has 0 bridgehead atoms. The van der Waals surface area contributed by atoms with Gasteiger partial charge in [0.15, 0.2) is 0 Å². The molecule has 0 unspecified atom stereocenters. The SMILES string of the molecule is Cn1cccc1C(=O)N1CCN(CCOc2cccnc2)CC1. The average Bonchev–Trinajstić information content (AvgIpc) is 3.02. The summed E-state index contributed by atoms with van der Waals surface area (Å²) in [5.74, 6) is 0.911. The number of ether oxygens (including phenoxy) is 1. The van der Waals surface area contributed by atoms with E-state index >= 15 is 0 Å². The highest BCUT2D eigenvalue weighted by molar-refractivity contribution is 5.92. The van der Waals surface area contributed by atoms with Gasteiger partial charge in [0.2, 0.25) is 0 Å².